The Bertz CT molecular complexity index is 1210. The molecule has 0 aliphatic rings. The van der Waals surface area contributed by atoms with Crippen LogP contribution in [0.2, 0.25) is 10.0 Å². The van der Waals surface area contributed by atoms with Gasteiger partial charge in [0.15, 0.2) is 5.16 Å². The Hall–Kier alpha value is -1.79. The standard InChI is InChI=1S/C21H13BrCl2N2OS/c22-14-3-1-13(2-4-14)12-28-21-25-19-11-16(24)7-10-18(19)20(27)26(21)17-8-5-15(23)6-9-17/h1-11H,12H2. The van der Waals surface area contributed by atoms with Gasteiger partial charge in [-0.05, 0) is 60.2 Å². The zero-order chi connectivity index (χ0) is 19.7. The minimum atomic E-state index is -0.137. The molecule has 4 rings (SSSR count). The van der Waals surface area contributed by atoms with E-state index < -0.39 is 0 Å². The van der Waals surface area contributed by atoms with E-state index in [1.54, 1.807) is 34.9 Å². The number of hydrogen-bond donors (Lipinski definition) is 0. The van der Waals surface area contributed by atoms with Crippen LogP contribution in [0.15, 0.2) is 81.2 Å². The monoisotopic (exact) mass is 490 g/mol. The van der Waals surface area contributed by atoms with Crippen molar-refractivity contribution in [1.82, 2.24) is 9.55 Å². The summed E-state index contributed by atoms with van der Waals surface area (Å²) in [4.78, 5) is 18.0. The van der Waals surface area contributed by atoms with Crippen molar-refractivity contribution in [2.45, 2.75) is 10.9 Å². The van der Waals surface area contributed by atoms with E-state index in [1.165, 1.54) is 11.8 Å². The van der Waals surface area contributed by atoms with Gasteiger partial charge in [-0.3, -0.25) is 9.36 Å². The number of nitrogens with zero attached hydrogens (tertiary/aromatic N) is 2. The second kappa shape index (κ2) is 8.29. The maximum absolute atomic E-state index is 13.2. The van der Waals surface area contributed by atoms with Gasteiger partial charge in [0.1, 0.15) is 0 Å². The molecule has 7 heteroatoms. The maximum atomic E-state index is 13.2. The summed E-state index contributed by atoms with van der Waals surface area (Å²) in [7, 11) is 0. The summed E-state index contributed by atoms with van der Waals surface area (Å²) in [5.74, 6) is 0.680. The van der Waals surface area contributed by atoms with Gasteiger partial charge in [0.05, 0.1) is 16.6 Å². The Morgan fingerprint density at radius 1 is 0.929 bits per heavy atom. The molecular formula is C21H13BrCl2N2OS. The average Bonchev–Trinajstić information content (AvgIpc) is 2.68. The van der Waals surface area contributed by atoms with Gasteiger partial charge in [-0.25, -0.2) is 4.98 Å². The number of aromatic nitrogens is 2. The molecule has 0 atom stereocenters. The molecule has 140 valence electrons. The lowest BCUT2D eigenvalue weighted by atomic mass is 10.2. The zero-order valence-corrected chi connectivity index (χ0v) is 18.3. The van der Waals surface area contributed by atoms with Crippen LogP contribution in [0.4, 0.5) is 0 Å². The highest BCUT2D eigenvalue weighted by atomic mass is 79.9. The van der Waals surface area contributed by atoms with Crippen LogP contribution in [0.5, 0.6) is 0 Å². The zero-order valence-electron chi connectivity index (χ0n) is 14.4. The van der Waals surface area contributed by atoms with Crippen molar-refractivity contribution in [2.24, 2.45) is 0 Å². The van der Waals surface area contributed by atoms with Crippen LogP contribution in [0.1, 0.15) is 5.56 Å². The van der Waals surface area contributed by atoms with Crippen molar-refractivity contribution in [3.8, 4) is 5.69 Å². The minimum Gasteiger partial charge on any atom is -0.268 e. The van der Waals surface area contributed by atoms with Crippen LogP contribution in [-0.2, 0) is 5.75 Å². The quantitative estimate of drug-likeness (QED) is 0.234. The summed E-state index contributed by atoms with van der Waals surface area (Å²) in [6.07, 6.45) is 0. The summed E-state index contributed by atoms with van der Waals surface area (Å²) in [6, 6.07) is 20.4. The number of hydrogen-bond acceptors (Lipinski definition) is 3. The lowest BCUT2D eigenvalue weighted by Gasteiger charge is -2.13. The molecule has 3 aromatic carbocycles. The largest absolute Gasteiger partial charge is 0.268 e. The van der Waals surface area contributed by atoms with Gasteiger partial charge >= 0.3 is 0 Å². The summed E-state index contributed by atoms with van der Waals surface area (Å²) in [6.45, 7) is 0. The molecule has 0 fully saturated rings. The highest BCUT2D eigenvalue weighted by Gasteiger charge is 2.14. The topological polar surface area (TPSA) is 34.9 Å². The van der Waals surface area contributed by atoms with Crippen molar-refractivity contribution in [3.63, 3.8) is 0 Å². The van der Waals surface area contributed by atoms with Gasteiger partial charge in [-0.2, -0.15) is 0 Å². The number of thioether (sulfide) groups is 1. The Labute approximate surface area is 184 Å². The third kappa shape index (κ3) is 4.13. The average molecular weight is 492 g/mol. The molecule has 0 bridgehead atoms. The molecule has 0 saturated carbocycles. The van der Waals surface area contributed by atoms with Crippen molar-refractivity contribution >= 4 is 61.8 Å². The van der Waals surface area contributed by atoms with Crippen LogP contribution in [-0.4, -0.2) is 9.55 Å². The number of halogens is 3. The Morgan fingerprint density at radius 2 is 1.61 bits per heavy atom. The fourth-order valence-corrected chi connectivity index (χ4v) is 4.31. The van der Waals surface area contributed by atoms with Crippen molar-refractivity contribution in [1.29, 1.82) is 0 Å². The van der Waals surface area contributed by atoms with Gasteiger partial charge < -0.3 is 0 Å². The number of fused-ring (bicyclic) bond motifs is 1. The fraction of sp³-hybridized carbons (Fsp3) is 0.0476. The Balaban J connectivity index is 1.84. The van der Waals surface area contributed by atoms with E-state index in [-0.39, 0.29) is 5.56 Å². The third-order valence-electron chi connectivity index (χ3n) is 4.17. The molecule has 0 unspecified atom stereocenters. The Kier molecular flexibility index (Phi) is 5.78. The lowest BCUT2D eigenvalue weighted by molar-refractivity contribution is 0.819. The molecule has 0 spiro atoms. The second-order valence-corrected chi connectivity index (χ2v) is 8.82. The van der Waals surface area contributed by atoms with Crippen LogP contribution in [0.25, 0.3) is 16.6 Å². The molecule has 0 aliphatic heterocycles. The summed E-state index contributed by atoms with van der Waals surface area (Å²) < 4.78 is 2.65. The predicted octanol–water partition coefficient (Wildman–Crippen LogP) is 6.75. The molecule has 4 aromatic rings. The molecule has 0 saturated heterocycles. The van der Waals surface area contributed by atoms with E-state index in [0.717, 1.165) is 15.7 Å². The SMILES string of the molecule is O=c1c2ccc(Cl)cc2nc(SCc2ccc(Br)cc2)n1-c1ccc(Cl)cc1. The van der Waals surface area contributed by atoms with Gasteiger partial charge in [0.25, 0.3) is 5.56 Å². The van der Waals surface area contributed by atoms with Gasteiger partial charge in [0.2, 0.25) is 0 Å². The van der Waals surface area contributed by atoms with E-state index in [2.05, 4.69) is 15.9 Å². The molecule has 28 heavy (non-hydrogen) atoms. The first-order valence-corrected chi connectivity index (χ1v) is 10.9. The van der Waals surface area contributed by atoms with Crippen molar-refractivity contribution in [2.75, 3.05) is 0 Å². The lowest BCUT2D eigenvalue weighted by Crippen LogP contribution is -2.21. The minimum absolute atomic E-state index is 0.137. The van der Waals surface area contributed by atoms with E-state index in [1.807, 2.05) is 36.4 Å². The van der Waals surface area contributed by atoms with E-state index in [0.29, 0.717) is 31.9 Å². The molecule has 0 radical (unpaired) electrons. The first kappa shape index (κ1) is 19.5. The predicted molar refractivity (Wildman–Crippen MR) is 121 cm³/mol. The second-order valence-electron chi connectivity index (χ2n) is 6.09. The van der Waals surface area contributed by atoms with Crippen LogP contribution in [0.3, 0.4) is 0 Å². The Morgan fingerprint density at radius 3 is 2.32 bits per heavy atom. The smallest absolute Gasteiger partial charge is 0.266 e. The normalized spacial score (nSPS) is 11.1. The molecular weight excluding hydrogens is 479 g/mol. The first-order valence-electron chi connectivity index (χ1n) is 8.37. The fourth-order valence-electron chi connectivity index (χ4n) is 2.78. The van der Waals surface area contributed by atoms with E-state index >= 15 is 0 Å². The van der Waals surface area contributed by atoms with Gasteiger partial charge in [-0.1, -0.05) is 63.0 Å². The van der Waals surface area contributed by atoms with Crippen LogP contribution < -0.4 is 5.56 Å². The van der Waals surface area contributed by atoms with Crippen LogP contribution >= 0.6 is 50.9 Å². The molecule has 0 N–H and O–H groups in total. The molecule has 1 aromatic heterocycles. The highest BCUT2D eigenvalue weighted by Crippen LogP contribution is 2.26. The van der Waals surface area contributed by atoms with Gasteiger partial charge in [-0.15, -0.1) is 0 Å². The summed E-state index contributed by atoms with van der Waals surface area (Å²) >= 11 is 17.1. The molecule has 1 heterocycles. The number of rotatable bonds is 4. The van der Waals surface area contributed by atoms with Crippen molar-refractivity contribution < 1.29 is 0 Å². The van der Waals surface area contributed by atoms with Crippen molar-refractivity contribution in [3.05, 3.63) is 97.2 Å². The van der Waals surface area contributed by atoms with E-state index in [4.69, 9.17) is 28.2 Å². The highest BCUT2D eigenvalue weighted by molar-refractivity contribution is 9.10. The summed E-state index contributed by atoms with van der Waals surface area (Å²) in [5, 5.41) is 2.28. The first-order chi connectivity index (χ1) is 13.5. The van der Waals surface area contributed by atoms with E-state index in [9.17, 15) is 4.79 Å². The number of benzene rings is 3. The molecule has 0 aliphatic carbocycles. The molecule has 3 nitrogen and oxygen atoms in total. The maximum Gasteiger partial charge on any atom is 0.266 e. The summed E-state index contributed by atoms with van der Waals surface area (Å²) in [5.41, 5.74) is 2.30. The van der Waals surface area contributed by atoms with Gasteiger partial charge in [0, 0.05) is 20.3 Å². The third-order valence-corrected chi connectivity index (χ3v) is 6.19. The molecule has 0 amide bonds. The van der Waals surface area contributed by atoms with Crippen LogP contribution in [0, 0.1) is 0 Å².